The molecule has 1 aromatic carbocycles. The van der Waals surface area contributed by atoms with Crippen molar-refractivity contribution in [3.63, 3.8) is 0 Å². The van der Waals surface area contributed by atoms with Gasteiger partial charge in [0.2, 0.25) is 0 Å². The average molecular weight is 306 g/mol. The molecule has 106 valence electrons. The molecule has 0 fully saturated rings. The van der Waals surface area contributed by atoms with Crippen molar-refractivity contribution in [2.75, 3.05) is 6.61 Å². The molecule has 0 aromatic heterocycles. The van der Waals surface area contributed by atoms with Crippen molar-refractivity contribution in [3.05, 3.63) is 33.8 Å². The molecule has 0 aliphatic heterocycles. The predicted molar refractivity (Wildman–Crippen MR) is 75.9 cm³/mol. The van der Waals surface area contributed by atoms with E-state index in [9.17, 15) is 15.0 Å². The molecule has 0 heterocycles. The molecule has 1 rings (SSSR count). The summed E-state index contributed by atoms with van der Waals surface area (Å²) >= 11 is 12.0. The van der Waals surface area contributed by atoms with Crippen LogP contribution in [0.15, 0.2) is 18.2 Å². The first-order chi connectivity index (χ1) is 8.70. The summed E-state index contributed by atoms with van der Waals surface area (Å²) in [6, 6.07) is 4.19. The van der Waals surface area contributed by atoms with Crippen molar-refractivity contribution in [1.29, 1.82) is 0 Å². The summed E-state index contributed by atoms with van der Waals surface area (Å²) in [7, 11) is 0. The lowest BCUT2D eigenvalue weighted by Gasteiger charge is -2.39. The monoisotopic (exact) mass is 305 g/mol. The quantitative estimate of drug-likeness (QED) is 0.892. The molecule has 19 heavy (non-hydrogen) atoms. The first kappa shape index (κ1) is 16.1. The Bertz CT molecular complexity index is 471. The molecule has 1 atom stereocenters. The molecule has 2 N–H and O–H groups in total. The maximum atomic E-state index is 11.5. The molecular formula is C13H17Cl2NO3. The zero-order valence-electron chi connectivity index (χ0n) is 11.0. The maximum absolute atomic E-state index is 11.5. The van der Waals surface area contributed by atoms with E-state index in [1.165, 1.54) is 4.90 Å². The predicted octanol–water partition coefficient (Wildman–Crippen LogP) is 3.81. The van der Waals surface area contributed by atoms with E-state index in [1.54, 1.807) is 39.0 Å². The second-order valence-corrected chi connectivity index (χ2v) is 5.95. The van der Waals surface area contributed by atoms with Gasteiger partial charge in [0.05, 0.1) is 22.7 Å². The van der Waals surface area contributed by atoms with E-state index in [-0.39, 0.29) is 11.6 Å². The third-order valence-corrected chi connectivity index (χ3v) is 3.59. The van der Waals surface area contributed by atoms with Gasteiger partial charge in [-0.25, -0.2) is 4.79 Å². The Morgan fingerprint density at radius 2 is 1.95 bits per heavy atom. The lowest BCUT2D eigenvalue weighted by atomic mass is 9.99. The van der Waals surface area contributed by atoms with Crippen molar-refractivity contribution in [1.82, 2.24) is 4.90 Å². The Hall–Kier alpha value is -0.970. The molecule has 0 radical (unpaired) electrons. The first-order valence-corrected chi connectivity index (χ1v) is 6.52. The third kappa shape index (κ3) is 3.53. The van der Waals surface area contributed by atoms with Crippen LogP contribution in [0.5, 0.6) is 0 Å². The van der Waals surface area contributed by atoms with Gasteiger partial charge >= 0.3 is 6.09 Å². The normalized spacial score (nSPS) is 13.2. The maximum Gasteiger partial charge on any atom is 0.408 e. The fourth-order valence-electron chi connectivity index (χ4n) is 1.98. The van der Waals surface area contributed by atoms with Crippen LogP contribution in [0.25, 0.3) is 0 Å². The highest BCUT2D eigenvalue weighted by Crippen LogP contribution is 2.35. The van der Waals surface area contributed by atoms with Gasteiger partial charge in [0.25, 0.3) is 0 Å². The van der Waals surface area contributed by atoms with Gasteiger partial charge in [0.1, 0.15) is 0 Å². The largest absolute Gasteiger partial charge is 0.465 e. The van der Waals surface area contributed by atoms with E-state index in [4.69, 9.17) is 23.2 Å². The van der Waals surface area contributed by atoms with Gasteiger partial charge in [-0.05, 0) is 32.4 Å². The zero-order valence-corrected chi connectivity index (χ0v) is 12.5. The highest BCUT2D eigenvalue weighted by Gasteiger charge is 2.35. The molecule has 0 saturated heterocycles. The lowest BCUT2D eigenvalue weighted by molar-refractivity contribution is 0.0458. The van der Waals surface area contributed by atoms with Crippen molar-refractivity contribution in [2.45, 2.75) is 32.4 Å². The van der Waals surface area contributed by atoms with Gasteiger partial charge in [-0.15, -0.1) is 0 Å². The number of hydrogen-bond donors (Lipinski definition) is 2. The SMILES string of the molecule is CC(C)(C)N(C(=O)O)C(CO)c1cccc(Cl)c1Cl. The van der Waals surface area contributed by atoms with Crippen LogP contribution in [0.4, 0.5) is 4.79 Å². The number of benzene rings is 1. The molecule has 1 amide bonds. The van der Waals surface area contributed by atoms with Crippen LogP contribution in [0.3, 0.4) is 0 Å². The summed E-state index contributed by atoms with van der Waals surface area (Å²) in [5.74, 6) is 0. The number of carbonyl (C=O) groups is 1. The Kier molecular flexibility index (Phi) is 5.07. The van der Waals surface area contributed by atoms with E-state index in [0.29, 0.717) is 10.6 Å². The number of halogens is 2. The first-order valence-electron chi connectivity index (χ1n) is 5.77. The summed E-state index contributed by atoms with van der Waals surface area (Å²) < 4.78 is 0. The van der Waals surface area contributed by atoms with E-state index < -0.39 is 17.7 Å². The molecule has 0 aliphatic rings. The van der Waals surface area contributed by atoms with Gasteiger partial charge in [-0.3, -0.25) is 4.90 Å². The highest BCUT2D eigenvalue weighted by atomic mass is 35.5. The van der Waals surface area contributed by atoms with Gasteiger partial charge in [0.15, 0.2) is 0 Å². The number of amides is 1. The smallest absolute Gasteiger partial charge is 0.408 e. The molecule has 6 heteroatoms. The van der Waals surface area contributed by atoms with Gasteiger partial charge in [-0.2, -0.15) is 0 Å². The summed E-state index contributed by atoms with van der Waals surface area (Å²) in [5, 5.41) is 19.5. The number of aliphatic hydroxyl groups is 1. The van der Waals surface area contributed by atoms with Gasteiger partial charge in [-0.1, -0.05) is 35.3 Å². The third-order valence-electron chi connectivity index (χ3n) is 2.75. The van der Waals surface area contributed by atoms with Crippen LogP contribution in [0, 0.1) is 0 Å². The Morgan fingerprint density at radius 3 is 2.37 bits per heavy atom. The van der Waals surface area contributed by atoms with Crippen molar-refractivity contribution >= 4 is 29.3 Å². The fraction of sp³-hybridized carbons (Fsp3) is 0.462. The van der Waals surface area contributed by atoms with Gasteiger partial charge < -0.3 is 10.2 Å². The minimum Gasteiger partial charge on any atom is -0.465 e. The summed E-state index contributed by atoms with van der Waals surface area (Å²) in [6.07, 6.45) is -1.12. The number of rotatable bonds is 3. The van der Waals surface area contributed by atoms with Crippen LogP contribution in [-0.4, -0.2) is 33.4 Å². The summed E-state index contributed by atoms with van der Waals surface area (Å²) in [6.45, 7) is 4.89. The summed E-state index contributed by atoms with van der Waals surface area (Å²) in [4.78, 5) is 12.6. The second kappa shape index (κ2) is 5.99. The van der Waals surface area contributed by atoms with E-state index >= 15 is 0 Å². The Labute approximate surface area is 122 Å². The van der Waals surface area contributed by atoms with Crippen molar-refractivity contribution in [2.24, 2.45) is 0 Å². The minimum absolute atomic E-state index is 0.263. The van der Waals surface area contributed by atoms with Crippen molar-refractivity contribution < 1.29 is 15.0 Å². The summed E-state index contributed by atoms with van der Waals surface area (Å²) in [5.41, 5.74) is -0.181. The molecule has 0 spiro atoms. The number of carboxylic acid groups (broad SMARTS) is 1. The topological polar surface area (TPSA) is 60.8 Å². The number of aliphatic hydroxyl groups excluding tert-OH is 1. The minimum atomic E-state index is -1.12. The standard InChI is InChI=1S/C13H17Cl2NO3/c1-13(2,3)16(12(18)19)10(7-17)8-5-4-6-9(14)11(8)15/h4-6,10,17H,7H2,1-3H3,(H,18,19). The van der Waals surface area contributed by atoms with Crippen molar-refractivity contribution in [3.8, 4) is 0 Å². The van der Waals surface area contributed by atoms with Crippen LogP contribution in [0.1, 0.15) is 32.4 Å². The van der Waals surface area contributed by atoms with Crippen LogP contribution in [0.2, 0.25) is 10.0 Å². The molecule has 0 saturated carbocycles. The van der Waals surface area contributed by atoms with Gasteiger partial charge in [0, 0.05) is 5.54 Å². The fourth-order valence-corrected chi connectivity index (χ4v) is 2.42. The Balaban J connectivity index is 3.32. The molecule has 1 unspecified atom stereocenters. The van der Waals surface area contributed by atoms with Crippen LogP contribution in [-0.2, 0) is 0 Å². The second-order valence-electron chi connectivity index (χ2n) is 5.16. The molecule has 1 aromatic rings. The molecular weight excluding hydrogens is 289 g/mol. The number of nitrogens with zero attached hydrogens (tertiary/aromatic N) is 1. The van der Waals surface area contributed by atoms with E-state index in [1.807, 2.05) is 0 Å². The highest BCUT2D eigenvalue weighted by molar-refractivity contribution is 6.42. The number of hydrogen-bond acceptors (Lipinski definition) is 2. The van der Waals surface area contributed by atoms with E-state index in [0.717, 1.165) is 0 Å². The molecule has 0 aliphatic carbocycles. The van der Waals surface area contributed by atoms with E-state index in [2.05, 4.69) is 0 Å². The molecule has 0 bridgehead atoms. The van der Waals surface area contributed by atoms with Crippen LogP contribution >= 0.6 is 23.2 Å². The Morgan fingerprint density at radius 1 is 1.37 bits per heavy atom. The lowest BCUT2D eigenvalue weighted by Crippen LogP contribution is -2.48. The molecule has 4 nitrogen and oxygen atoms in total. The average Bonchev–Trinajstić information content (AvgIpc) is 2.27. The van der Waals surface area contributed by atoms with Crippen LogP contribution < -0.4 is 0 Å². The zero-order chi connectivity index (χ0) is 14.8.